The van der Waals surface area contributed by atoms with Gasteiger partial charge in [0.15, 0.2) is 0 Å². The van der Waals surface area contributed by atoms with E-state index < -0.39 is 5.97 Å². The minimum atomic E-state index is -0.941. The summed E-state index contributed by atoms with van der Waals surface area (Å²) >= 11 is 0. The van der Waals surface area contributed by atoms with Gasteiger partial charge in [-0.3, -0.25) is 9.78 Å². The highest BCUT2D eigenvalue weighted by Gasteiger charge is 2.04. The second kappa shape index (κ2) is 7.04. The number of carbonyl (C=O) groups excluding carboxylic acids is 1. The summed E-state index contributed by atoms with van der Waals surface area (Å²) < 4.78 is 0. The lowest BCUT2D eigenvalue weighted by Gasteiger charge is -2.07. The van der Waals surface area contributed by atoms with Gasteiger partial charge in [0.1, 0.15) is 0 Å². The minimum absolute atomic E-state index is 0.138. The van der Waals surface area contributed by atoms with Crippen molar-refractivity contribution in [2.45, 2.75) is 13.0 Å². The highest BCUT2D eigenvalue weighted by Crippen LogP contribution is 2.06. The van der Waals surface area contributed by atoms with Crippen LogP contribution in [0.2, 0.25) is 0 Å². The zero-order valence-electron chi connectivity index (χ0n) is 11.2. The number of amides is 2. The average Bonchev–Trinajstić information content (AvgIpc) is 2.48. The molecular weight excluding hydrogens is 270 g/mol. The first kappa shape index (κ1) is 14.5. The van der Waals surface area contributed by atoms with Crippen LogP contribution in [-0.2, 0) is 17.8 Å². The van der Waals surface area contributed by atoms with Gasteiger partial charge in [0, 0.05) is 6.54 Å². The molecule has 2 amide bonds. The number of aromatic nitrogens is 1. The van der Waals surface area contributed by atoms with E-state index >= 15 is 0 Å². The number of benzene rings is 1. The SMILES string of the molecule is O=C(O)Cc1ccc(NC(=O)NCc2ccccc2)cn1. The van der Waals surface area contributed by atoms with Crippen molar-refractivity contribution >= 4 is 17.7 Å². The van der Waals surface area contributed by atoms with E-state index in [4.69, 9.17) is 5.11 Å². The molecule has 0 radical (unpaired) electrons. The van der Waals surface area contributed by atoms with E-state index in [0.717, 1.165) is 5.56 Å². The van der Waals surface area contributed by atoms with Crippen molar-refractivity contribution < 1.29 is 14.7 Å². The molecule has 108 valence electrons. The lowest BCUT2D eigenvalue weighted by Crippen LogP contribution is -2.28. The summed E-state index contributed by atoms with van der Waals surface area (Å²) in [6, 6.07) is 12.4. The Morgan fingerprint density at radius 3 is 2.48 bits per heavy atom. The van der Waals surface area contributed by atoms with Crippen molar-refractivity contribution in [3.05, 3.63) is 59.9 Å². The first-order valence-electron chi connectivity index (χ1n) is 6.39. The Hall–Kier alpha value is -2.89. The molecule has 1 aromatic carbocycles. The Morgan fingerprint density at radius 2 is 1.86 bits per heavy atom. The molecule has 0 atom stereocenters. The van der Waals surface area contributed by atoms with Crippen molar-refractivity contribution in [1.29, 1.82) is 0 Å². The normalized spacial score (nSPS) is 9.90. The van der Waals surface area contributed by atoms with Crippen LogP contribution in [0.4, 0.5) is 10.5 Å². The number of carboxylic acid groups (broad SMARTS) is 1. The summed E-state index contributed by atoms with van der Waals surface area (Å²) in [5.41, 5.74) is 1.95. The predicted molar refractivity (Wildman–Crippen MR) is 77.9 cm³/mol. The average molecular weight is 285 g/mol. The number of carbonyl (C=O) groups is 2. The van der Waals surface area contributed by atoms with Gasteiger partial charge in [-0.15, -0.1) is 0 Å². The third-order valence-corrected chi connectivity index (χ3v) is 2.71. The second-order valence-corrected chi connectivity index (χ2v) is 4.40. The third kappa shape index (κ3) is 4.94. The smallest absolute Gasteiger partial charge is 0.319 e. The lowest BCUT2D eigenvalue weighted by molar-refractivity contribution is -0.136. The van der Waals surface area contributed by atoms with Crippen molar-refractivity contribution in [3.63, 3.8) is 0 Å². The van der Waals surface area contributed by atoms with Crippen LogP contribution >= 0.6 is 0 Å². The number of hydrogen-bond donors (Lipinski definition) is 3. The highest BCUT2D eigenvalue weighted by atomic mass is 16.4. The van der Waals surface area contributed by atoms with Crippen molar-refractivity contribution in [2.75, 3.05) is 5.32 Å². The minimum Gasteiger partial charge on any atom is -0.481 e. The highest BCUT2D eigenvalue weighted by molar-refractivity contribution is 5.89. The van der Waals surface area contributed by atoms with Crippen LogP contribution < -0.4 is 10.6 Å². The fourth-order valence-electron chi connectivity index (χ4n) is 1.71. The van der Waals surface area contributed by atoms with Crippen molar-refractivity contribution in [1.82, 2.24) is 10.3 Å². The van der Waals surface area contributed by atoms with E-state index in [0.29, 0.717) is 17.9 Å². The Kier molecular flexibility index (Phi) is 4.87. The molecule has 2 aromatic rings. The number of pyridine rings is 1. The van der Waals surface area contributed by atoms with Crippen molar-refractivity contribution in [3.8, 4) is 0 Å². The number of nitrogens with zero attached hydrogens (tertiary/aromatic N) is 1. The molecule has 3 N–H and O–H groups in total. The first-order valence-corrected chi connectivity index (χ1v) is 6.39. The molecule has 0 unspecified atom stereocenters. The first-order chi connectivity index (χ1) is 10.1. The van der Waals surface area contributed by atoms with E-state index in [2.05, 4.69) is 15.6 Å². The Labute approximate surface area is 121 Å². The van der Waals surface area contributed by atoms with Crippen LogP contribution in [0.3, 0.4) is 0 Å². The molecule has 0 saturated carbocycles. The van der Waals surface area contributed by atoms with Gasteiger partial charge in [-0.2, -0.15) is 0 Å². The van der Waals surface area contributed by atoms with E-state index in [1.807, 2.05) is 30.3 Å². The molecule has 2 rings (SSSR count). The summed E-state index contributed by atoms with van der Waals surface area (Å²) in [7, 11) is 0. The van der Waals surface area contributed by atoms with Crippen LogP contribution in [-0.4, -0.2) is 22.1 Å². The summed E-state index contributed by atoms with van der Waals surface area (Å²) in [4.78, 5) is 26.2. The molecule has 0 saturated heterocycles. The Bertz CT molecular complexity index is 612. The number of rotatable bonds is 5. The number of nitrogens with one attached hydrogen (secondary N) is 2. The van der Waals surface area contributed by atoms with Gasteiger partial charge in [-0.1, -0.05) is 30.3 Å². The molecule has 0 aliphatic carbocycles. The molecule has 0 aliphatic rings. The number of carboxylic acids is 1. The van der Waals surface area contributed by atoms with Gasteiger partial charge >= 0.3 is 12.0 Å². The van der Waals surface area contributed by atoms with E-state index in [1.54, 1.807) is 12.1 Å². The predicted octanol–water partition coefficient (Wildman–Crippen LogP) is 2.03. The van der Waals surface area contributed by atoms with Crippen LogP contribution in [0.25, 0.3) is 0 Å². The van der Waals surface area contributed by atoms with Gasteiger partial charge in [0.25, 0.3) is 0 Å². The van der Waals surface area contributed by atoms with Crippen LogP contribution in [0.15, 0.2) is 48.7 Å². The maximum absolute atomic E-state index is 11.7. The van der Waals surface area contributed by atoms with Gasteiger partial charge in [0.05, 0.1) is 24.0 Å². The molecule has 21 heavy (non-hydrogen) atoms. The molecule has 6 heteroatoms. The second-order valence-electron chi connectivity index (χ2n) is 4.40. The summed E-state index contributed by atoms with van der Waals surface area (Å²) in [5, 5.41) is 14.0. The van der Waals surface area contributed by atoms with E-state index in [1.165, 1.54) is 6.20 Å². The Morgan fingerprint density at radius 1 is 1.10 bits per heavy atom. The maximum Gasteiger partial charge on any atom is 0.319 e. The number of anilines is 1. The standard InChI is InChI=1S/C15H15N3O3/c19-14(20)8-12-6-7-13(10-16-12)18-15(21)17-9-11-4-2-1-3-5-11/h1-7,10H,8-9H2,(H,19,20)(H2,17,18,21). The topological polar surface area (TPSA) is 91.3 Å². The molecular formula is C15H15N3O3. The monoisotopic (exact) mass is 285 g/mol. The summed E-state index contributed by atoms with van der Waals surface area (Å²) in [6.45, 7) is 0.428. The van der Waals surface area contributed by atoms with Gasteiger partial charge in [0.2, 0.25) is 0 Å². The molecule has 1 aromatic heterocycles. The molecule has 0 fully saturated rings. The fourth-order valence-corrected chi connectivity index (χ4v) is 1.71. The quantitative estimate of drug-likeness (QED) is 0.784. The van der Waals surface area contributed by atoms with Crippen LogP contribution in [0.1, 0.15) is 11.3 Å². The zero-order chi connectivity index (χ0) is 15.1. The molecule has 0 spiro atoms. The van der Waals surface area contributed by atoms with Crippen LogP contribution in [0, 0.1) is 0 Å². The summed E-state index contributed by atoms with van der Waals surface area (Å²) in [6.07, 6.45) is 1.29. The van der Waals surface area contributed by atoms with Crippen LogP contribution in [0.5, 0.6) is 0 Å². The van der Waals surface area contributed by atoms with Gasteiger partial charge < -0.3 is 15.7 Å². The number of hydrogen-bond acceptors (Lipinski definition) is 3. The van der Waals surface area contributed by atoms with Crippen molar-refractivity contribution in [2.24, 2.45) is 0 Å². The summed E-state index contributed by atoms with van der Waals surface area (Å²) in [5.74, 6) is -0.941. The lowest BCUT2D eigenvalue weighted by atomic mass is 10.2. The number of aliphatic carboxylic acids is 1. The van der Waals surface area contributed by atoms with E-state index in [9.17, 15) is 9.59 Å². The Balaban J connectivity index is 1.83. The third-order valence-electron chi connectivity index (χ3n) is 2.71. The maximum atomic E-state index is 11.7. The fraction of sp³-hybridized carbons (Fsp3) is 0.133. The largest absolute Gasteiger partial charge is 0.481 e. The molecule has 1 heterocycles. The van der Waals surface area contributed by atoms with Gasteiger partial charge in [-0.05, 0) is 17.7 Å². The van der Waals surface area contributed by atoms with E-state index in [-0.39, 0.29) is 12.5 Å². The molecule has 0 bridgehead atoms. The molecule has 6 nitrogen and oxygen atoms in total. The van der Waals surface area contributed by atoms with Gasteiger partial charge in [-0.25, -0.2) is 4.79 Å². The zero-order valence-corrected chi connectivity index (χ0v) is 11.2. The molecule has 0 aliphatic heterocycles. The number of urea groups is 1.